The molecule has 86 valence electrons. The van der Waals surface area contributed by atoms with Crippen molar-refractivity contribution in [3.8, 4) is 0 Å². The fourth-order valence-corrected chi connectivity index (χ4v) is 2.87. The maximum absolute atomic E-state index is 11.5. The summed E-state index contributed by atoms with van der Waals surface area (Å²) >= 11 is 0. The maximum atomic E-state index is 11.5. The van der Waals surface area contributed by atoms with E-state index in [0.717, 1.165) is 19.4 Å². The van der Waals surface area contributed by atoms with E-state index in [1.165, 1.54) is 12.8 Å². The average Bonchev–Trinajstić information content (AvgIpc) is 2.51. The van der Waals surface area contributed by atoms with Crippen molar-refractivity contribution in [2.24, 2.45) is 5.92 Å². The highest BCUT2D eigenvalue weighted by molar-refractivity contribution is 5.81. The zero-order chi connectivity index (χ0) is 10.9. The first kappa shape index (κ1) is 10.9. The number of nitrogens with one attached hydrogen (secondary N) is 2. The second-order valence-corrected chi connectivity index (χ2v) is 5.47. The van der Waals surface area contributed by atoms with Crippen LogP contribution in [0.15, 0.2) is 0 Å². The second kappa shape index (κ2) is 4.12. The van der Waals surface area contributed by atoms with Crippen molar-refractivity contribution in [2.45, 2.75) is 57.5 Å². The molecule has 2 fully saturated rings. The van der Waals surface area contributed by atoms with E-state index < -0.39 is 0 Å². The summed E-state index contributed by atoms with van der Waals surface area (Å²) in [5.41, 5.74) is 0.0829. The van der Waals surface area contributed by atoms with Gasteiger partial charge in [-0.3, -0.25) is 4.79 Å². The van der Waals surface area contributed by atoms with Crippen molar-refractivity contribution in [3.05, 3.63) is 0 Å². The topological polar surface area (TPSA) is 41.1 Å². The number of hydrogen-bond acceptors (Lipinski definition) is 2. The number of carbonyl (C=O) groups excluding carboxylic acids is 1. The third kappa shape index (κ3) is 2.17. The van der Waals surface area contributed by atoms with Gasteiger partial charge in [0.2, 0.25) is 5.91 Å². The van der Waals surface area contributed by atoms with Crippen LogP contribution in [0.25, 0.3) is 0 Å². The smallest absolute Gasteiger partial charge is 0.222 e. The predicted molar refractivity (Wildman–Crippen MR) is 60.6 cm³/mol. The van der Waals surface area contributed by atoms with Crippen LogP contribution in [-0.4, -0.2) is 24.0 Å². The van der Waals surface area contributed by atoms with Crippen molar-refractivity contribution < 1.29 is 4.79 Å². The zero-order valence-electron chi connectivity index (χ0n) is 9.81. The number of fused-ring (bicyclic) bond motifs is 1. The molecule has 1 aliphatic heterocycles. The van der Waals surface area contributed by atoms with Gasteiger partial charge in [0.15, 0.2) is 0 Å². The molecule has 15 heavy (non-hydrogen) atoms. The highest BCUT2D eigenvalue weighted by Crippen LogP contribution is 2.35. The number of amides is 1. The largest absolute Gasteiger partial charge is 0.351 e. The Morgan fingerprint density at radius 1 is 1.53 bits per heavy atom. The first-order valence-corrected chi connectivity index (χ1v) is 6.17. The number of carbonyl (C=O) groups is 1. The molecule has 0 aromatic carbocycles. The Morgan fingerprint density at radius 3 is 3.07 bits per heavy atom. The van der Waals surface area contributed by atoms with Gasteiger partial charge in [-0.05, 0) is 25.3 Å². The van der Waals surface area contributed by atoms with Gasteiger partial charge in [-0.15, -0.1) is 0 Å². The molecule has 2 aliphatic rings. The molecule has 0 unspecified atom stereocenters. The third-order valence-electron chi connectivity index (χ3n) is 3.71. The van der Waals surface area contributed by atoms with Gasteiger partial charge in [0.25, 0.3) is 0 Å². The Bertz CT molecular complexity index is 252. The molecule has 1 heterocycles. The van der Waals surface area contributed by atoms with Crippen LogP contribution >= 0.6 is 0 Å². The van der Waals surface area contributed by atoms with E-state index in [4.69, 9.17) is 0 Å². The molecule has 1 aliphatic carbocycles. The van der Waals surface area contributed by atoms with Crippen LogP contribution < -0.4 is 10.6 Å². The van der Waals surface area contributed by atoms with Crippen molar-refractivity contribution >= 4 is 5.91 Å². The quantitative estimate of drug-likeness (QED) is 0.740. The van der Waals surface area contributed by atoms with Gasteiger partial charge in [0.05, 0.1) is 0 Å². The first-order valence-electron chi connectivity index (χ1n) is 6.17. The molecule has 0 bridgehead atoms. The lowest BCUT2D eigenvalue weighted by atomic mass is 9.77. The highest BCUT2D eigenvalue weighted by Gasteiger charge is 2.47. The lowest BCUT2D eigenvalue weighted by molar-refractivity contribution is -0.119. The molecule has 1 saturated carbocycles. The molecule has 3 nitrogen and oxygen atoms in total. The van der Waals surface area contributed by atoms with Gasteiger partial charge in [0, 0.05) is 18.0 Å². The fraction of sp³-hybridized carbons (Fsp3) is 0.917. The van der Waals surface area contributed by atoms with Crippen LogP contribution in [0.1, 0.15) is 46.0 Å². The molecule has 1 saturated heterocycles. The van der Waals surface area contributed by atoms with Gasteiger partial charge < -0.3 is 10.6 Å². The minimum atomic E-state index is 0.0829. The van der Waals surface area contributed by atoms with Crippen LogP contribution in [0.4, 0.5) is 0 Å². The molecule has 0 spiro atoms. The highest BCUT2D eigenvalue weighted by atomic mass is 16.2. The van der Waals surface area contributed by atoms with Crippen LogP contribution in [0.2, 0.25) is 0 Å². The lowest BCUT2D eigenvalue weighted by Gasteiger charge is -2.39. The first-order chi connectivity index (χ1) is 7.12. The molecular weight excluding hydrogens is 188 g/mol. The molecule has 2 atom stereocenters. The molecule has 3 heteroatoms. The van der Waals surface area contributed by atoms with Gasteiger partial charge >= 0.3 is 0 Å². The van der Waals surface area contributed by atoms with Crippen LogP contribution in [0.3, 0.4) is 0 Å². The Morgan fingerprint density at radius 2 is 2.33 bits per heavy atom. The Labute approximate surface area is 92.0 Å². The van der Waals surface area contributed by atoms with Gasteiger partial charge in [-0.1, -0.05) is 26.7 Å². The van der Waals surface area contributed by atoms with E-state index in [2.05, 4.69) is 24.5 Å². The summed E-state index contributed by atoms with van der Waals surface area (Å²) in [6.45, 7) is 5.45. The maximum Gasteiger partial charge on any atom is 0.222 e. The Hall–Kier alpha value is -0.570. The van der Waals surface area contributed by atoms with Gasteiger partial charge in [0.1, 0.15) is 0 Å². The Kier molecular flexibility index (Phi) is 3.01. The minimum Gasteiger partial charge on any atom is -0.351 e. The SMILES string of the molecule is CC(C)CN[C@@]12CCCC[C@@H]1NC(=O)C2. The predicted octanol–water partition coefficient (Wildman–Crippen LogP) is 1.43. The van der Waals surface area contributed by atoms with Crippen molar-refractivity contribution in [2.75, 3.05) is 6.54 Å². The van der Waals surface area contributed by atoms with E-state index in [1.807, 2.05) is 0 Å². The van der Waals surface area contributed by atoms with Gasteiger partial charge in [-0.2, -0.15) is 0 Å². The summed E-state index contributed by atoms with van der Waals surface area (Å²) in [5, 5.41) is 6.76. The standard InChI is InChI=1S/C12H22N2O/c1-9(2)8-13-12-6-4-3-5-10(12)14-11(15)7-12/h9-10,13H,3-8H2,1-2H3,(H,14,15)/t10-,12+/m0/s1. The number of rotatable bonds is 3. The van der Waals surface area contributed by atoms with E-state index in [1.54, 1.807) is 0 Å². The summed E-state index contributed by atoms with van der Waals surface area (Å²) in [7, 11) is 0. The van der Waals surface area contributed by atoms with E-state index in [-0.39, 0.29) is 11.4 Å². The van der Waals surface area contributed by atoms with Crippen LogP contribution in [-0.2, 0) is 4.79 Å². The van der Waals surface area contributed by atoms with E-state index in [9.17, 15) is 4.79 Å². The average molecular weight is 210 g/mol. The van der Waals surface area contributed by atoms with Crippen molar-refractivity contribution in [1.82, 2.24) is 10.6 Å². The molecule has 0 radical (unpaired) electrons. The lowest BCUT2D eigenvalue weighted by Crippen LogP contribution is -2.56. The van der Waals surface area contributed by atoms with E-state index >= 15 is 0 Å². The third-order valence-corrected chi connectivity index (χ3v) is 3.71. The van der Waals surface area contributed by atoms with Crippen LogP contribution in [0.5, 0.6) is 0 Å². The summed E-state index contributed by atoms with van der Waals surface area (Å²) in [6.07, 6.45) is 5.51. The molecule has 2 N–H and O–H groups in total. The second-order valence-electron chi connectivity index (χ2n) is 5.47. The molecule has 0 aromatic heterocycles. The molecule has 1 amide bonds. The normalized spacial score (nSPS) is 35.4. The van der Waals surface area contributed by atoms with Crippen molar-refractivity contribution in [1.29, 1.82) is 0 Å². The number of hydrogen-bond donors (Lipinski definition) is 2. The fourth-order valence-electron chi connectivity index (χ4n) is 2.87. The van der Waals surface area contributed by atoms with Crippen molar-refractivity contribution in [3.63, 3.8) is 0 Å². The Balaban J connectivity index is 2.04. The summed E-state index contributed by atoms with van der Waals surface area (Å²) < 4.78 is 0. The monoisotopic (exact) mass is 210 g/mol. The minimum absolute atomic E-state index is 0.0829. The molecular formula is C12H22N2O. The summed E-state index contributed by atoms with van der Waals surface area (Å²) in [5.74, 6) is 0.885. The summed E-state index contributed by atoms with van der Waals surface area (Å²) in [6, 6.07) is 0.387. The summed E-state index contributed by atoms with van der Waals surface area (Å²) in [4.78, 5) is 11.5. The van der Waals surface area contributed by atoms with E-state index in [0.29, 0.717) is 18.4 Å². The molecule has 2 rings (SSSR count). The van der Waals surface area contributed by atoms with Crippen LogP contribution in [0, 0.1) is 5.92 Å². The zero-order valence-corrected chi connectivity index (χ0v) is 9.81. The van der Waals surface area contributed by atoms with Gasteiger partial charge in [-0.25, -0.2) is 0 Å². The molecule has 0 aromatic rings.